The molecular weight excluding hydrogens is 298 g/mol. The van der Waals surface area contributed by atoms with Crippen LogP contribution in [0.5, 0.6) is 0 Å². The molecule has 2 rings (SSSR count). The van der Waals surface area contributed by atoms with Crippen molar-refractivity contribution in [3.8, 4) is 0 Å². The fourth-order valence-corrected chi connectivity index (χ4v) is 2.39. The molecule has 0 aliphatic heterocycles. The summed E-state index contributed by atoms with van der Waals surface area (Å²) in [4.78, 5) is 22.4. The average Bonchev–Trinajstić information content (AvgIpc) is 2.74. The van der Waals surface area contributed by atoms with E-state index in [1.54, 1.807) is 13.8 Å². The van der Waals surface area contributed by atoms with Crippen LogP contribution in [0, 0.1) is 37.8 Å². The zero-order valence-electron chi connectivity index (χ0n) is 13.6. The second kappa shape index (κ2) is 6.60. The molecule has 0 amide bonds. The van der Waals surface area contributed by atoms with Crippen LogP contribution >= 0.6 is 0 Å². The lowest BCUT2D eigenvalue weighted by atomic mass is 10.1. The highest BCUT2D eigenvalue weighted by atomic mass is 16.6. The molecule has 7 nitrogen and oxygen atoms in total. The lowest BCUT2D eigenvalue weighted by molar-refractivity contribution is -0.386. The monoisotopic (exact) mass is 317 g/mol. The van der Waals surface area contributed by atoms with Crippen LogP contribution in [0.3, 0.4) is 0 Å². The van der Waals surface area contributed by atoms with Gasteiger partial charge in [0.15, 0.2) is 0 Å². The van der Waals surface area contributed by atoms with Gasteiger partial charge in [0.05, 0.1) is 4.92 Å². The van der Waals surface area contributed by atoms with Crippen molar-refractivity contribution < 1.29 is 14.5 Å². The summed E-state index contributed by atoms with van der Waals surface area (Å²) in [5, 5.41) is 15.0. The molecule has 23 heavy (non-hydrogen) atoms. The molecule has 0 spiro atoms. The number of carbonyl (C=O) groups is 1. The van der Waals surface area contributed by atoms with Crippen molar-refractivity contribution in [1.82, 2.24) is 9.78 Å². The molecule has 0 atom stereocenters. The molecule has 0 N–H and O–H groups in total. The molecule has 1 heterocycles. The number of nitrogens with zero attached hydrogens (tertiary/aromatic N) is 3. The zero-order valence-corrected chi connectivity index (χ0v) is 13.6. The van der Waals surface area contributed by atoms with Crippen LogP contribution in [-0.2, 0) is 22.7 Å². The van der Waals surface area contributed by atoms with E-state index in [0.717, 1.165) is 16.7 Å². The smallest absolute Gasteiger partial charge is 0.328 e. The number of aryl methyl sites for hydroxylation is 3. The van der Waals surface area contributed by atoms with E-state index in [-0.39, 0.29) is 24.5 Å². The second-order valence-corrected chi connectivity index (χ2v) is 5.52. The Bertz CT molecular complexity index is 765. The summed E-state index contributed by atoms with van der Waals surface area (Å²) in [7, 11) is 0. The highest BCUT2D eigenvalue weighted by molar-refractivity contribution is 5.69. The highest BCUT2D eigenvalue weighted by Crippen LogP contribution is 2.21. The van der Waals surface area contributed by atoms with E-state index >= 15 is 0 Å². The minimum absolute atomic E-state index is 0.0627. The first-order chi connectivity index (χ1) is 10.8. The van der Waals surface area contributed by atoms with Gasteiger partial charge in [-0.05, 0) is 38.8 Å². The van der Waals surface area contributed by atoms with Crippen LogP contribution in [0.2, 0.25) is 0 Å². The Hall–Kier alpha value is -2.70. The van der Waals surface area contributed by atoms with E-state index in [4.69, 9.17) is 4.74 Å². The third kappa shape index (κ3) is 3.74. The number of nitro groups is 1. The van der Waals surface area contributed by atoms with Crippen LogP contribution in [-0.4, -0.2) is 20.7 Å². The van der Waals surface area contributed by atoms with Gasteiger partial charge < -0.3 is 4.74 Å². The van der Waals surface area contributed by atoms with Crippen molar-refractivity contribution in [3.05, 3.63) is 56.4 Å². The summed E-state index contributed by atoms with van der Waals surface area (Å²) in [5.41, 5.74) is 3.65. The molecule has 0 aliphatic rings. The molecule has 1 aromatic heterocycles. The fraction of sp³-hybridized carbons (Fsp3) is 0.375. The SMILES string of the molecule is Cc1ccc(C)c(COC(=O)Cn2nc(C)c([N+](=O)[O-])c2C)c1. The van der Waals surface area contributed by atoms with Gasteiger partial charge in [0.1, 0.15) is 24.5 Å². The first kappa shape index (κ1) is 16.7. The minimum atomic E-state index is -0.490. The molecule has 0 aliphatic carbocycles. The van der Waals surface area contributed by atoms with Gasteiger partial charge in [-0.25, -0.2) is 0 Å². The molecule has 0 fully saturated rings. The summed E-state index contributed by atoms with van der Waals surface area (Å²) < 4.78 is 6.57. The molecule has 0 unspecified atom stereocenters. The number of hydrogen-bond acceptors (Lipinski definition) is 5. The molecule has 1 aromatic carbocycles. The molecule has 2 aromatic rings. The molecule has 0 saturated carbocycles. The lowest BCUT2D eigenvalue weighted by Crippen LogP contribution is -2.16. The van der Waals surface area contributed by atoms with Crippen molar-refractivity contribution in [1.29, 1.82) is 0 Å². The molecular formula is C16H19N3O4. The Kier molecular flexibility index (Phi) is 4.78. The number of carbonyl (C=O) groups excluding carboxylic acids is 1. The summed E-state index contributed by atoms with van der Waals surface area (Å²) in [6, 6.07) is 5.94. The third-order valence-corrected chi connectivity index (χ3v) is 3.70. The normalized spacial score (nSPS) is 10.6. The Morgan fingerprint density at radius 1 is 1.30 bits per heavy atom. The van der Waals surface area contributed by atoms with Crippen molar-refractivity contribution in [2.45, 2.75) is 40.8 Å². The average molecular weight is 317 g/mol. The zero-order chi connectivity index (χ0) is 17.1. The first-order valence-corrected chi connectivity index (χ1v) is 7.19. The lowest BCUT2D eigenvalue weighted by Gasteiger charge is -2.09. The number of ether oxygens (including phenoxy) is 1. The number of hydrogen-bond donors (Lipinski definition) is 0. The van der Waals surface area contributed by atoms with E-state index in [0.29, 0.717) is 5.69 Å². The summed E-state index contributed by atoms with van der Waals surface area (Å²) in [6.45, 7) is 7.06. The van der Waals surface area contributed by atoms with Crippen LogP contribution in [0.25, 0.3) is 0 Å². The number of benzene rings is 1. The highest BCUT2D eigenvalue weighted by Gasteiger charge is 2.23. The Morgan fingerprint density at radius 3 is 2.61 bits per heavy atom. The van der Waals surface area contributed by atoms with Gasteiger partial charge in [-0.1, -0.05) is 23.8 Å². The van der Waals surface area contributed by atoms with Gasteiger partial charge in [0, 0.05) is 0 Å². The van der Waals surface area contributed by atoms with Gasteiger partial charge in [-0.2, -0.15) is 5.10 Å². The van der Waals surface area contributed by atoms with E-state index in [2.05, 4.69) is 5.10 Å². The third-order valence-electron chi connectivity index (χ3n) is 3.70. The molecule has 0 radical (unpaired) electrons. The van der Waals surface area contributed by atoms with Crippen molar-refractivity contribution in [3.63, 3.8) is 0 Å². The predicted molar refractivity (Wildman–Crippen MR) is 84.1 cm³/mol. The number of esters is 1. The maximum absolute atomic E-state index is 12.0. The van der Waals surface area contributed by atoms with Crippen LogP contribution in [0.15, 0.2) is 18.2 Å². The largest absolute Gasteiger partial charge is 0.459 e. The van der Waals surface area contributed by atoms with Gasteiger partial charge >= 0.3 is 11.7 Å². The topological polar surface area (TPSA) is 87.3 Å². The molecule has 0 bridgehead atoms. The van der Waals surface area contributed by atoms with Gasteiger partial charge in [-0.3, -0.25) is 19.6 Å². The van der Waals surface area contributed by atoms with Gasteiger partial charge in [0.25, 0.3) is 0 Å². The van der Waals surface area contributed by atoms with Gasteiger partial charge in [0.2, 0.25) is 0 Å². The Morgan fingerprint density at radius 2 is 2.00 bits per heavy atom. The summed E-state index contributed by atoms with van der Waals surface area (Å²) >= 11 is 0. The van der Waals surface area contributed by atoms with Crippen molar-refractivity contribution in [2.75, 3.05) is 0 Å². The molecule has 7 heteroatoms. The van der Waals surface area contributed by atoms with Crippen molar-refractivity contribution >= 4 is 11.7 Å². The van der Waals surface area contributed by atoms with E-state index in [9.17, 15) is 14.9 Å². The van der Waals surface area contributed by atoms with Crippen LogP contribution in [0.1, 0.15) is 28.1 Å². The summed E-state index contributed by atoms with van der Waals surface area (Å²) in [5.74, 6) is -0.480. The van der Waals surface area contributed by atoms with Crippen LogP contribution in [0.4, 0.5) is 5.69 Å². The molecule has 122 valence electrons. The van der Waals surface area contributed by atoms with E-state index in [1.807, 2.05) is 32.0 Å². The minimum Gasteiger partial charge on any atom is -0.459 e. The predicted octanol–water partition coefficient (Wildman–Crippen LogP) is 2.77. The fourth-order valence-electron chi connectivity index (χ4n) is 2.39. The maximum Gasteiger partial charge on any atom is 0.328 e. The molecule has 0 saturated heterocycles. The Labute approximate surface area is 134 Å². The number of rotatable bonds is 5. The summed E-state index contributed by atoms with van der Waals surface area (Å²) in [6.07, 6.45) is 0. The van der Waals surface area contributed by atoms with Crippen molar-refractivity contribution in [2.24, 2.45) is 0 Å². The second-order valence-electron chi connectivity index (χ2n) is 5.52. The van der Waals surface area contributed by atoms with Crippen LogP contribution < -0.4 is 0 Å². The van der Waals surface area contributed by atoms with Gasteiger partial charge in [-0.15, -0.1) is 0 Å². The quantitative estimate of drug-likeness (QED) is 0.481. The van der Waals surface area contributed by atoms with E-state index < -0.39 is 10.9 Å². The number of aromatic nitrogens is 2. The maximum atomic E-state index is 12.0. The standard InChI is InChI=1S/C16H19N3O4/c1-10-5-6-11(2)14(7-10)9-23-15(20)8-18-13(4)16(19(21)22)12(3)17-18/h5-7H,8-9H2,1-4H3. The Balaban J connectivity index is 2.04. The first-order valence-electron chi connectivity index (χ1n) is 7.19. The van der Waals surface area contributed by atoms with E-state index in [1.165, 1.54) is 4.68 Å².